The first kappa shape index (κ1) is 11.8. The third-order valence-corrected chi connectivity index (χ3v) is 2.91. The van der Waals surface area contributed by atoms with Crippen LogP contribution in [0.4, 0.5) is 0 Å². The monoisotopic (exact) mass is 240 g/mol. The van der Waals surface area contributed by atoms with Crippen molar-refractivity contribution in [2.24, 2.45) is 0 Å². The van der Waals surface area contributed by atoms with Crippen molar-refractivity contribution < 1.29 is 14.4 Å². The first-order valence-corrected chi connectivity index (χ1v) is 5.74. The SMILES string of the molecule is O=C1CC(NC(=O)C(=O)N2CCNCC2)CN1. The van der Waals surface area contributed by atoms with Crippen LogP contribution in [-0.2, 0) is 14.4 Å². The molecule has 3 amide bonds. The maximum atomic E-state index is 11.7. The standard InChI is InChI=1S/C10H16N4O3/c15-8-5-7(6-12-8)13-9(16)10(17)14-3-1-11-2-4-14/h7,11H,1-6H2,(H,12,15)(H,13,16). The fourth-order valence-corrected chi connectivity index (χ4v) is 1.97. The molecule has 2 aliphatic heterocycles. The van der Waals surface area contributed by atoms with Crippen molar-refractivity contribution >= 4 is 17.7 Å². The van der Waals surface area contributed by atoms with Gasteiger partial charge in [0.05, 0.1) is 6.04 Å². The van der Waals surface area contributed by atoms with E-state index in [9.17, 15) is 14.4 Å². The first-order valence-electron chi connectivity index (χ1n) is 5.74. The Morgan fingerprint density at radius 3 is 2.59 bits per heavy atom. The van der Waals surface area contributed by atoms with E-state index in [-0.39, 0.29) is 18.4 Å². The minimum Gasteiger partial charge on any atom is -0.354 e. The zero-order valence-electron chi connectivity index (χ0n) is 9.49. The van der Waals surface area contributed by atoms with Gasteiger partial charge in [-0.05, 0) is 0 Å². The first-order chi connectivity index (χ1) is 8.16. The Morgan fingerprint density at radius 2 is 2.00 bits per heavy atom. The van der Waals surface area contributed by atoms with Crippen LogP contribution in [0.3, 0.4) is 0 Å². The lowest BCUT2D eigenvalue weighted by molar-refractivity contribution is -0.146. The van der Waals surface area contributed by atoms with Crippen molar-refractivity contribution in [1.29, 1.82) is 0 Å². The average molecular weight is 240 g/mol. The molecule has 94 valence electrons. The number of rotatable bonds is 1. The summed E-state index contributed by atoms with van der Waals surface area (Å²) in [6.07, 6.45) is 0.251. The Bertz CT molecular complexity index is 338. The Morgan fingerprint density at radius 1 is 1.29 bits per heavy atom. The van der Waals surface area contributed by atoms with Crippen LogP contribution in [0.5, 0.6) is 0 Å². The van der Waals surface area contributed by atoms with Crippen LogP contribution in [0.2, 0.25) is 0 Å². The van der Waals surface area contributed by atoms with Crippen molar-refractivity contribution in [1.82, 2.24) is 20.9 Å². The molecule has 1 atom stereocenters. The molecule has 17 heavy (non-hydrogen) atoms. The van der Waals surface area contributed by atoms with Crippen molar-refractivity contribution in [3.05, 3.63) is 0 Å². The molecule has 1 unspecified atom stereocenters. The fourth-order valence-electron chi connectivity index (χ4n) is 1.97. The summed E-state index contributed by atoms with van der Waals surface area (Å²) >= 11 is 0. The number of carbonyl (C=O) groups is 3. The second kappa shape index (κ2) is 5.13. The number of nitrogens with one attached hydrogen (secondary N) is 3. The molecule has 0 saturated carbocycles. The summed E-state index contributed by atoms with van der Waals surface area (Å²) < 4.78 is 0. The zero-order chi connectivity index (χ0) is 12.3. The molecule has 2 rings (SSSR count). The van der Waals surface area contributed by atoms with Gasteiger partial charge in [-0.1, -0.05) is 0 Å². The Hall–Kier alpha value is -1.63. The molecular formula is C10H16N4O3. The third kappa shape index (κ3) is 2.94. The van der Waals surface area contributed by atoms with Gasteiger partial charge in [0.15, 0.2) is 0 Å². The van der Waals surface area contributed by atoms with E-state index in [1.165, 1.54) is 4.90 Å². The fraction of sp³-hybridized carbons (Fsp3) is 0.700. The number of hydrogen-bond donors (Lipinski definition) is 3. The van der Waals surface area contributed by atoms with Crippen molar-refractivity contribution in [3.63, 3.8) is 0 Å². The van der Waals surface area contributed by atoms with Gasteiger partial charge in [-0.2, -0.15) is 0 Å². The highest BCUT2D eigenvalue weighted by molar-refractivity contribution is 6.35. The van der Waals surface area contributed by atoms with Gasteiger partial charge in [0.1, 0.15) is 0 Å². The topological polar surface area (TPSA) is 90.5 Å². The highest BCUT2D eigenvalue weighted by Crippen LogP contribution is 2.00. The lowest BCUT2D eigenvalue weighted by Crippen LogP contribution is -2.52. The van der Waals surface area contributed by atoms with E-state index >= 15 is 0 Å². The summed E-state index contributed by atoms with van der Waals surface area (Å²) in [4.78, 5) is 35.9. The highest BCUT2D eigenvalue weighted by atomic mass is 16.2. The minimum absolute atomic E-state index is 0.0927. The van der Waals surface area contributed by atoms with E-state index in [4.69, 9.17) is 0 Å². The lowest BCUT2D eigenvalue weighted by atomic mass is 10.2. The van der Waals surface area contributed by atoms with E-state index in [1.54, 1.807) is 0 Å². The van der Waals surface area contributed by atoms with Crippen LogP contribution in [-0.4, -0.2) is 61.4 Å². The predicted molar refractivity (Wildman–Crippen MR) is 59.0 cm³/mol. The van der Waals surface area contributed by atoms with Gasteiger partial charge in [-0.3, -0.25) is 14.4 Å². The molecule has 0 spiro atoms. The smallest absolute Gasteiger partial charge is 0.311 e. The van der Waals surface area contributed by atoms with E-state index in [2.05, 4.69) is 16.0 Å². The van der Waals surface area contributed by atoms with Crippen LogP contribution >= 0.6 is 0 Å². The molecule has 2 saturated heterocycles. The molecule has 0 aromatic rings. The molecule has 0 aromatic heterocycles. The van der Waals surface area contributed by atoms with Crippen LogP contribution < -0.4 is 16.0 Å². The number of piperazine rings is 1. The zero-order valence-corrected chi connectivity index (χ0v) is 9.49. The molecule has 0 bridgehead atoms. The maximum absolute atomic E-state index is 11.7. The Kier molecular flexibility index (Phi) is 3.58. The third-order valence-electron chi connectivity index (χ3n) is 2.91. The normalized spacial score (nSPS) is 24.4. The van der Waals surface area contributed by atoms with Gasteiger partial charge < -0.3 is 20.9 Å². The summed E-state index contributed by atoms with van der Waals surface area (Å²) in [5.74, 6) is -1.22. The summed E-state index contributed by atoms with van der Waals surface area (Å²) in [6.45, 7) is 2.92. The van der Waals surface area contributed by atoms with Crippen molar-refractivity contribution in [2.45, 2.75) is 12.5 Å². The number of nitrogens with zero attached hydrogens (tertiary/aromatic N) is 1. The molecule has 0 aromatic carbocycles. The van der Waals surface area contributed by atoms with E-state index in [1.807, 2.05) is 0 Å². The largest absolute Gasteiger partial charge is 0.354 e. The van der Waals surface area contributed by atoms with Gasteiger partial charge in [0.25, 0.3) is 0 Å². The number of carbonyl (C=O) groups excluding carboxylic acids is 3. The summed E-state index contributed by atoms with van der Waals surface area (Å²) in [5.41, 5.74) is 0. The van der Waals surface area contributed by atoms with Crippen molar-refractivity contribution in [2.75, 3.05) is 32.7 Å². The molecule has 0 aliphatic carbocycles. The molecule has 0 radical (unpaired) electrons. The molecule has 7 nitrogen and oxygen atoms in total. The van der Waals surface area contributed by atoms with Gasteiger partial charge in [0.2, 0.25) is 5.91 Å². The molecular weight excluding hydrogens is 224 g/mol. The quantitative estimate of drug-likeness (QED) is 0.439. The number of hydrogen-bond acceptors (Lipinski definition) is 4. The van der Waals surface area contributed by atoms with Gasteiger partial charge in [-0.25, -0.2) is 0 Å². The van der Waals surface area contributed by atoms with Crippen LogP contribution in [0.25, 0.3) is 0 Å². The van der Waals surface area contributed by atoms with Crippen LogP contribution in [0, 0.1) is 0 Å². The van der Waals surface area contributed by atoms with E-state index < -0.39 is 11.8 Å². The molecule has 2 fully saturated rings. The van der Waals surface area contributed by atoms with Crippen LogP contribution in [0.1, 0.15) is 6.42 Å². The number of amides is 3. The lowest BCUT2D eigenvalue weighted by Gasteiger charge is -2.27. The molecule has 3 N–H and O–H groups in total. The van der Waals surface area contributed by atoms with Crippen molar-refractivity contribution in [3.8, 4) is 0 Å². The average Bonchev–Trinajstić information content (AvgIpc) is 2.75. The van der Waals surface area contributed by atoms with Gasteiger partial charge >= 0.3 is 11.8 Å². The minimum atomic E-state index is -0.617. The predicted octanol–water partition coefficient (Wildman–Crippen LogP) is -2.58. The second-order valence-electron chi connectivity index (χ2n) is 4.22. The Balaban J connectivity index is 1.82. The summed E-state index contributed by atoms with van der Waals surface area (Å²) in [6, 6.07) is -0.262. The summed E-state index contributed by atoms with van der Waals surface area (Å²) in [5, 5.41) is 8.28. The molecule has 7 heteroatoms. The van der Waals surface area contributed by atoms with E-state index in [0.717, 1.165) is 0 Å². The van der Waals surface area contributed by atoms with Gasteiger partial charge in [-0.15, -0.1) is 0 Å². The van der Waals surface area contributed by atoms with Gasteiger partial charge in [0, 0.05) is 39.1 Å². The van der Waals surface area contributed by atoms with Crippen LogP contribution in [0.15, 0.2) is 0 Å². The second-order valence-corrected chi connectivity index (χ2v) is 4.22. The maximum Gasteiger partial charge on any atom is 0.311 e. The molecule has 2 heterocycles. The highest BCUT2D eigenvalue weighted by Gasteiger charge is 2.28. The molecule has 2 aliphatic rings. The Labute approximate surface area is 98.9 Å². The summed E-state index contributed by atoms with van der Waals surface area (Å²) in [7, 11) is 0. The van der Waals surface area contributed by atoms with E-state index in [0.29, 0.717) is 32.7 Å².